The van der Waals surface area contributed by atoms with Gasteiger partial charge in [-0.3, -0.25) is 14.9 Å². The fourth-order valence-electron chi connectivity index (χ4n) is 1.69. The second-order valence-electron chi connectivity index (χ2n) is 4.18. The maximum atomic E-state index is 13.1. The summed E-state index contributed by atoms with van der Waals surface area (Å²) in [5.74, 6) is -1.35. The van der Waals surface area contributed by atoms with Crippen LogP contribution in [0, 0.1) is 22.9 Å². The van der Waals surface area contributed by atoms with E-state index >= 15 is 0 Å². The van der Waals surface area contributed by atoms with Crippen molar-refractivity contribution in [2.75, 3.05) is 0 Å². The number of carbonyl (C=O) groups is 1. The van der Waals surface area contributed by atoms with Crippen molar-refractivity contribution in [3.63, 3.8) is 0 Å². The van der Waals surface area contributed by atoms with Crippen LogP contribution in [0.15, 0.2) is 29.0 Å². The molecule has 0 spiro atoms. The fourth-order valence-corrected chi connectivity index (χ4v) is 2.55. The lowest BCUT2D eigenvalue weighted by Crippen LogP contribution is -2.24. The van der Waals surface area contributed by atoms with Crippen molar-refractivity contribution in [2.24, 2.45) is 0 Å². The van der Waals surface area contributed by atoms with Gasteiger partial charge in [0.05, 0.1) is 4.92 Å². The summed E-state index contributed by atoms with van der Waals surface area (Å²) in [7, 11) is 0. The largest absolute Gasteiger partial charge is 0.348 e. The van der Waals surface area contributed by atoms with Crippen molar-refractivity contribution in [1.82, 2.24) is 5.32 Å². The molecule has 2 rings (SSSR count). The lowest BCUT2D eigenvalue weighted by molar-refractivity contribution is -0.385. The monoisotopic (exact) mass is 294 g/mol. The van der Waals surface area contributed by atoms with E-state index in [-0.39, 0.29) is 12.1 Å². The molecular formula is C13H11FN2O3S. The number of thiophene rings is 1. The Morgan fingerprint density at radius 3 is 2.80 bits per heavy atom. The molecule has 20 heavy (non-hydrogen) atoms. The van der Waals surface area contributed by atoms with Crippen LogP contribution in [0.2, 0.25) is 0 Å². The van der Waals surface area contributed by atoms with E-state index in [9.17, 15) is 19.3 Å². The van der Waals surface area contributed by atoms with E-state index in [4.69, 9.17) is 0 Å². The van der Waals surface area contributed by atoms with Gasteiger partial charge in [0.2, 0.25) is 0 Å². The van der Waals surface area contributed by atoms with Gasteiger partial charge in [-0.25, -0.2) is 4.39 Å². The molecule has 0 saturated heterocycles. The van der Waals surface area contributed by atoms with E-state index in [1.807, 2.05) is 17.7 Å². The highest BCUT2D eigenvalue weighted by Crippen LogP contribution is 2.20. The third kappa shape index (κ3) is 3.00. The Hall–Kier alpha value is -2.28. The Morgan fingerprint density at radius 1 is 1.45 bits per heavy atom. The van der Waals surface area contributed by atoms with Gasteiger partial charge in [-0.15, -0.1) is 0 Å². The molecule has 1 amide bonds. The number of nitro benzene ring substituents is 1. The number of nitro groups is 1. The number of nitrogens with zero attached hydrogens (tertiary/aromatic N) is 1. The van der Waals surface area contributed by atoms with Crippen molar-refractivity contribution in [1.29, 1.82) is 0 Å². The molecule has 0 aliphatic heterocycles. The Morgan fingerprint density at radius 2 is 2.20 bits per heavy atom. The molecule has 1 aromatic carbocycles. The molecule has 1 N–H and O–H groups in total. The van der Waals surface area contributed by atoms with Crippen LogP contribution < -0.4 is 5.32 Å². The Balaban J connectivity index is 2.19. The maximum absolute atomic E-state index is 13.1. The zero-order valence-electron chi connectivity index (χ0n) is 10.6. The minimum Gasteiger partial charge on any atom is -0.348 e. The van der Waals surface area contributed by atoms with Gasteiger partial charge in [0, 0.05) is 12.6 Å². The summed E-state index contributed by atoms with van der Waals surface area (Å²) >= 11 is 1.50. The first-order chi connectivity index (χ1) is 9.49. The first-order valence-electron chi connectivity index (χ1n) is 5.73. The third-order valence-corrected chi connectivity index (χ3v) is 3.71. The Bertz CT molecular complexity index is 669. The van der Waals surface area contributed by atoms with E-state index in [1.165, 1.54) is 11.3 Å². The number of aryl methyl sites for hydroxylation is 1. The summed E-state index contributed by atoms with van der Waals surface area (Å²) in [6.45, 7) is 2.16. The predicted molar refractivity (Wildman–Crippen MR) is 73.3 cm³/mol. The van der Waals surface area contributed by atoms with E-state index in [1.54, 1.807) is 0 Å². The quantitative estimate of drug-likeness (QED) is 0.696. The average Bonchev–Trinajstić information content (AvgIpc) is 2.81. The molecule has 0 fully saturated rings. The van der Waals surface area contributed by atoms with Crippen LogP contribution >= 0.6 is 11.3 Å². The van der Waals surface area contributed by atoms with Crippen LogP contribution in [-0.4, -0.2) is 10.8 Å². The van der Waals surface area contributed by atoms with Crippen LogP contribution in [0.5, 0.6) is 0 Å². The van der Waals surface area contributed by atoms with E-state index in [0.29, 0.717) is 0 Å². The lowest BCUT2D eigenvalue weighted by atomic mass is 10.1. The number of hydrogen-bond donors (Lipinski definition) is 1. The second-order valence-corrected chi connectivity index (χ2v) is 4.92. The zero-order chi connectivity index (χ0) is 14.7. The summed E-state index contributed by atoms with van der Waals surface area (Å²) in [5, 5.41) is 17.2. The molecule has 7 heteroatoms. The van der Waals surface area contributed by atoms with Crippen molar-refractivity contribution in [2.45, 2.75) is 13.5 Å². The van der Waals surface area contributed by atoms with Crippen LogP contribution in [-0.2, 0) is 6.54 Å². The topological polar surface area (TPSA) is 72.2 Å². The number of benzene rings is 1. The van der Waals surface area contributed by atoms with E-state index in [2.05, 4.69) is 5.32 Å². The van der Waals surface area contributed by atoms with Gasteiger partial charge in [0.15, 0.2) is 0 Å². The minimum absolute atomic E-state index is 0.252. The van der Waals surface area contributed by atoms with Crippen molar-refractivity contribution >= 4 is 22.9 Å². The van der Waals surface area contributed by atoms with E-state index in [0.717, 1.165) is 29.3 Å². The minimum atomic E-state index is -0.704. The average molecular weight is 294 g/mol. The third-order valence-electron chi connectivity index (χ3n) is 2.80. The molecule has 1 aromatic heterocycles. The smallest absolute Gasteiger partial charge is 0.282 e. The van der Waals surface area contributed by atoms with Crippen LogP contribution in [0.4, 0.5) is 10.1 Å². The highest BCUT2D eigenvalue weighted by molar-refractivity contribution is 7.08. The SMILES string of the molecule is Cc1cscc1CNC(=O)c1cc(F)ccc1[N+](=O)[O-]. The van der Waals surface area contributed by atoms with Gasteiger partial charge >= 0.3 is 0 Å². The van der Waals surface area contributed by atoms with Crippen LogP contribution in [0.3, 0.4) is 0 Å². The standard InChI is InChI=1S/C13H11FN2O3S/c1-8-6-20-7-9(8)5-15-13(17)11-4-10(14)2-3-12(11)16(18)19/h2-4,6-7H,5H2,1H3,(H,15,17). The highest BCUT2D eigenvalue weighted by Gasteiger charge is 2.20. The number of halogens is 1. The van der Waals surface area contributed by atoms with Gasteiger partial charge < -0.3 is 5.32 Å². The predicted octanol–water partition coefficient (Wildman–Crippen LogP) is 3.03. The number of hydrogen-bond acceptors (Lipinski definition) is 4. The summed E-state index contributed by atoms with van der Waals surface area (Å²) in [6, 6.07) is 2.81. The fraction of sp³-hybridized carbons (Fsp3) is 0.154. The maximum Gasteiger partial charge on any atom is 0.282 e. The first kappa shape index (κ1) is 14.1. The van der Waals surface area contributed by atoms with Crippen molar-refractivity contribution in [3.8, 4) is 0 Å². The molecule has 0 unspecified atom stereocenters. The zero-order valence-corrected chi connectivity index (χ0v) is 11.4. The normalized spacial score (nSPS) is 10.3. The molecule has 0 atom stereocenters. The summed E-state index contributed by atoms with van der Waals surface area (Å²) in [4.78, 5) is 22.1. The molecule has 104 valence electrons. The molecule has 1 heterocycles. The molecule has 2 aromatic rings. The van der Waals surface area contributed by atoms with Gasteiger partial charge in [0.1, 0.15) is 11.4 Å². The Labute approximate surface area is 118 Å². The summed E-state index contributed by atoms with van der Waals surface area (Å²) in [6.07, 6.45) is 0. The molecule has 0 bridgehead atoms. The first-order valence-corrected chi connectivity index (χ1v) is 6.67. The van der Waals surface area contributed by atoms with Gasteiger partial charge in [-0.2, -0.15) is 11.3 Å². The van der Waals surface area contributed by atoms with Crippen LogP contribution in [0.1, 0.15) is 21.5 Å². The molecular weight excluding hydrogens is 283 g/mol. The molecule has 0 radical (unpaired) electrons. The highest BCUT2D eigenvalue weighted by atomic mass is 32.1. The van der Waals surface area contributed by atoms with Gasteiger partial charge in [-0.1, -0.05) is 0 Å². The molecule has 0 aliphatic carbocycles. The van der Waals surface area contributed by atoms with E-state index < -0.39 is 22.3 Å². The second kappa shape index (κ2) is 5.79. The van der Waals surface area contributed by atoms with Gasteiger partial charge in [-0.05, 0) is 40.9 Å². The van der Waals surface area contributed by atoms with Gasteiger partial charge in [0.25, 0.3) is 11.6 Å². The molecule has 5 nitrogen and oxygen atoms in total. The van der Waals surface area contributed by atoms with Crippen molar-refractivity contribution in [3.05, 3.63) is 61.6 Å². The van der Waals surface area contributed by atoms with Crippen molar-refractivity contribution < 1.29 is 14.1 Å². The van der Waals surface area contributed by atoms with Crippen LogP contribution in [0.25, 0.3) is 0 Å². The number of rotatable bonds is 4. The molecule has 0 saturated carbocycles. The summed E-state index contributed by atoms with van der Waals surface area (Å²) in [5.41, 5.74) is 1.28. The number of amides is 1. The molecule has 0 aliphatic rings. The Kier molecular flexibility index (Phi) is 4.09. The number of carbonyl (C=O) groups excluding carboxylic acids is 1. The number of nitrogens with one attached hydrogen (secondary N) is 1. The lowest BCUT2D eigenvalue weighted by Gasteiger charge is -2.06. The summed E-state index contributed by atoms with van der Waals surface area (Å²) < 4.78 is 13.1.